The summed E-state index contributed by atoms with van der Waals surface area (Å²) in [6, 6.07) is 10.2. The highest BCUT2D eigenvalue weighted by atomic mass is 79.9. The summed E-state index contributed by atoms with van der Waals surface area (Å²) in [4.78, 5) is 15.5. The summed E-state index contributed by atoms with van der Waals surface area (Å²) in [5.74, 6) is -0.268. The van der Waals surface area contributed by atoms with E-state index in [2.05, 4.69) is 26.2 Å². The molecule has 0 aliphatic rings. The number of carbonyl (C=O) groups excluding carboxylic acids is 1. The summed E-state index contributed by atoms with van der Waals surface area (Å²) in [6.45, 7) is 0. The molecule has 1 heterocycles. The molecule has 2 rings (SSSR count). The molecular weight excluding hydrogens is 299 g/mol. The van der Waals surface area contributed by atoms with Gasteiger partial charge in [0.2, 0.25) is 5.91 Å². The predicted molar refractivity (Wildman–Crippen MR) is 70.7 cm³/mol. The van der Waals surface area contributed by atoms with Crippen LogP contribution in [0.5, 0.6) is 0 Å². The lowest BCUT2D eigenvalue weighted by molar-refractivity contribution is -0.115. The predicted octanol–water partition coefficient (Wildman–Crippen LogP) is 3.16. The maximum absolute atomic E-state index is 12.6. The molecule has 1 aromatic carbocycles. The highest BCUT2D eigenvalue weighted by Gasteiger charge is 2.05. The molecule has 0 aliphatic carbocycles. The SMILES string of the molecule is O=C(Cc1ccc(Br)cc1)Nc1ccc(F)cn1. The summed E-state index contributed by atoms with van der Waals surface area (Å²) < 4.78 is 13.6. The second kappa shape index (κ2) is 5.73. The van der Waals surface area contributed by atoms with Crippen LogP contribution in [-0.4, -0.2) is 10.9 Å². The van der Waals surface area contributed by atoms with Crippen molar-refractivity contribution in [2.24, 2.45) is 0 Å². The minimum Gasteiger partial charge on any atom is -0.310 e. The molecule has 92 valence electrons. The Bertz CT molecular complexity index is 490. The Kier molecular flexibility index (Phi) is 4.04. The average molecular weight is 309 g/mol. The number of carbonyl (C=O) groups is 1. The van der Waals surface area contributed by atoms with Crippen LogP contribution in [0, 0.1) is 5.82 Å². The van der Waals surface area contributed by atoms with Crippen molar-refractivity contribution in [1.29, 1.82) is 0 Å². The summed E-state index contributed by atoms with van der Waals surface area (Å²) in [5.41, 5.74) is 0.901. The summed E-state index contributed by atoms with van der Waals surface area (Å²) in [7, 11) is 0. The minimum absolute atomic E-state index is 0.184. The van der Waals surface area contributed by atoms with Crippen molar-refractivity contribution in [3.63, 3.8) is 0 Å². The van der Waals surface area contributed by atoms with Crippen molar-refractivity contribution in [2.75, 3.05) is 5.32 Å². The van der Waals surface area contributed by atoms with Gasteiger partial charge in [-0.1, -0.05) is 28.1 Å². The molecule has 1 amide bonds. The van der Waals surface area contributed by atoms with Crippen LogP contribution < -0.4 is 5.32 Å². The van der Waals surface area contributed by atoms with Crippen LogP contribution in [0.1, 0.15) is 5.56 Å². The van der Waals surface area contributed by atoms with E-state index in [1.54, 1.807) is 0 Å². The number of aromatic nitrogens is 1. The number of halogens is 2. The number of nitrogens with zero attached hydrogens (tertiary/aromatic N) is 1. The zero-order valence-electron chi connectivity index (χ0n) is 9.36. The number of rotatable bonds is 3. The molecule has 0 spiro atoms. The number of hydrogen-bond acceptors (Lipinski definition) is 2. The van der Waals surface area contributed by atoms with Gasteiger partial charge in [0.1, 0.15) is 11.6 Å². The number of benzene rings is 1. The van der Waals surface area contributed by atoms with Crippen LogP contribution in [0.25, 0.3) is 0 Å². The van der Waals surface area contributed by atoms with Crippen LogP contribution >= 0.6 is 15.9 Å². The Morgan fingerprint density at radius 2 is 1.94 bits per heavy atom. The second-order valence-corrected chi connectivity index (χ2v) is 4.63. The molecule has 5 heteroatoms. The van der Waals surface area contributed by atoms with Crippen LogP contribution in [-0.2, 0) is 11.2 Å². The van der Waals surface area contributed by atoms with Crippen LogP contribution in [0.3, 0.4) is 0 Å². The summed E-state index contributed by atoms with van der Waals surface area (Å²) >= 11 is 3.33. The maximum atomic E-state index is 12.6. The van der Waals surface area contributed by atoms with Gasteiger partial charge in [0, 0.05) is 4.47 Å². The normalized spacial score (nSPS) is 10.1. The van der Waals surface area contributed by atoms with Gasteiger partial charge in [-0.2, -0.15) is 0 Å². The van der Waals surface area contributed by atoms with Crippen LogP contribution in [0.15, 0.2) is 47.1 Å². The molecule has 2 aromatic rings. The van der Waals surface area contributed by atoms with Crippen LogP contribution in [0.2, 0.25) is 0 Å². The van der Waals surface area contributed by atoms with Gasteiger partial charge in [-0.3, -0.25) is 4.79 Å². The van der Waals surface area contributed by atoms with E-state index in [4.69, 9.17) is 0 Å². The van der Waals surface area contributed by atoms with E-state index >= 15 is 0 Å². The van der Waals surface area contributed by atoms with E-state index in [0.717, 1.165) is 16.2 Å². The Balaban J connectivity index is 1.96. The minimum atomic E-state index is -0.430. The standard InChI is InChI=1S/C13H10BrFN2O/c14-10-3-1-9(2-4-10)7-13(18)17-12-6-5-11(15)8-16-12/h1-6,8H,7H2,(H,16,17,18). The quantitative estimate of drug-likeness (QED) is 0.946. The van der Waals surface area contributed by atoms with Gasteiger partial charge in [-0.25, -0.2) is 9.37 Å². The summed E-state index contributed by atoms with van der Waals surface area (Å²) in [6.07, 6.45) is 1.32. The average Bonchev–Trinajstić information content (AvgIpc) is 2.35. The fourth-order valence-electron chi connectivity index (χ4n) is 1.42. The molecule has 0 bridgehead atoms. The van der Waals surface area contributed by atoms with Gasteiger partial charge in [0.05, 0.1) is 12.6 Å². The molecule has 0 radical (unpaired) electrons. The topological polar surface area (TPSA) is 42.0 Å². The first kappa shape index (κ1) is 12.7. The van der Waals surface area contributed by atoms with Gasteiger partial charge in [-0.05, 0) is 29.8 Å². The largest absolute Gasteiger partial charge is 0.310 e. The molecule has 3 nitrogen and oxygen atoms in total. The van der Waals surface area contributed by atoms with Crippen molar-refractivity contribution < 1.29 is 9.18 Å². The smallest absolute Gasteiger partial charge is 0.229 e. The highest BCUT2D eigenvalue weighted by molar-refractivity contribution is 9.10. The monoisotopic (exact) mass is 308 g/mol. The fraction of sp³-hybridized carbons (Fsp3) is 0.0769. The molecule has 0 saturated carbocycles. The highest BCUT2D eigenvalue weighted by Crippen LogP contribution is 2.11. The molecule has 0 saturated heterocycles. The second-order valence-electron chi connectivity index (χ2n) is 3.71. The van der Waals surface area contributed by atoms with Crippen LogP contribution in [0.4, 0.5) is 10.2 Å². The molecule has 0 unspecified atom stereocenters. The lowest BCUT2D eigenvalue weighted by Gasteiger charge is -2.04. The van der Waals surface area contributed by atoms with E-state index < -0.39 is 5.82 Å². The van der Waals surface area contributed by atoms with Crippen molar-refractivity contribution in [3.8, 4) is 0 Å². The zero-order chi connectivity index (χ0) is 13.0. The van der Waals surface area contributed by atoms with Crippen molar-refractivity contribution in [2.45, 2.75) is 6.42 Å². The third-order valence-corrected chi connectivity index (χ3v) is 2.80. The molecule has 0 atom stereocenters. The third kappa shape index (κ3) is 3.63. The van der Waals surface area contributed by atoms with E-state index in [0.29, 0.717) is 5.82 Å². The van der Waals surface area contributed by atoms with E-state index in [1.807, 2.05) is 24.3 Å². The summed E-state index contributed by atoms with van der Waals surface area (Å²) in [5, 5.41) is 2.60. The molecule has 0 aliphatic heterocycles. The lowest BCUT2D eigenvalue weighted by atomic mass is 10.1. The molecule has 1 N–H and O–H groups in total. The number of nitrogens with one attached hydrogen (secondary N) is 1. The van der Waals surface area contributed by atoms with Gasteiger partial charge in [0.15, 0.2) is 0 Å². The van der Waals surface area contributed by atoms with Crippen molar-refractivity contribution in [3.05, 3.63) is 58.4 Å². The Labute approximate surface area is 112 Å². The molecular formula is C13H10BrFN2O. The lowest BCUT2D eigenvalue weighted by Crippen LogP contribution is -2.15. The maximum Gasteiger partial charge on any atom is 0.229 e. The number of hydrogen-bond donors (Lipinski definition) is 1. The van der Waals surface area contributed by atoms with Gasteiger partial charge < -0.3 is 5.32 Å². The Morgan fingerprint density at radius 3 is 2.56 bits per heavy atom. The van der Waals surface area contributed by atoms with Gasteiger partial charge in [-0.15, -0.1) is 0 Å². The van der Waals surface area contributed by atoms with E-state index in [9.17, 15) is 9.18 Å². The van der Waals surface area contributed by atoms with Gasteiger partial charge in [0.25, 0.3) is 0 Å². The van der Waals surface area contributed by atoms with Crippen molar-refractivity contribution in [1.82, 2.24) is 4.98 Å². The number of pyridine rings is 1. The molecule has 1 aromatic heterocycles. The molecule has 0 fully saturated rings. The first-order valence-corrected chi connectivity index (χ1v) is 6.08. The van der Waals surface area contributed by atoms with E-state index in [1.165, 1.54) is 12.1 Å². The number of amides is 1. The fourth-order valence-corrected chi connectivity index (χ4v) is 1.69. The van der Waals surface area contributed by atoms with E-state index in [-0.39, 0.29) is 12.3 Å². The number of anilines is 1. The van der Waals surface area contributed by atoms with Gasteiger partial charge >= 0.3 is 0 Å². The third-order valence-electron chi connectivity index (χ3n) is 2.27. The Hall–Kier alpha value is -1.75. The van der Waals surface area contributed by atoms with Crippen molar-refractivity contribution >= 4 is 27.7 Å². The first-order chi connectivity index (χ1) is 8.63. The first-order valence-electron chi connectivity index (χ1n) is 5.29. The Morgan fingerprint density at radius 1 is 1.22 bits per heavy atom. The zero-order valence-corrected chi connectivity index (χ0v) is 10.9. The molecule has 18 heavy (non-hydrogen) atoms.